The molecule has 25 heavy (non-hydrogen) atoms. The van der Waals surface area contributed by atoms with Crippen LogP contribution in [-0.4, -0.2) is 54.8 Å². The summed E-state index contributed by atoms with van der Waals surface area (Å²) >= 11 is 0. The van der Waals surface area contributed by atoms with Crippen LogP contribution in [0.2, 0.25) is 0 Å². The Balaban J connectivity index is 1.69. The third-order valence-corrected chi connectivity index (χ3v) is 4.64. The molecule has 0 aromatic heterocycles. The molecule has 0 unspecified atom stereocenters. The van der Waals surface area contributed by atoms with Gasteiger partial charge in [-0.05, 0) is 58.2 Å². The molecule has 5 heteroatoms. The second-order valence-corrected chi connectivity index (χ2v) is 6.99. The zero-order valence-corrected chi connectivity index (χ0v) is 15.7. The van der Waals surface area contributed by atoms with Gasteiger partial charge in [-0.1, -0.05) is 30.3 Å². The van der Waals surface area contributed by atoms with Crippen LogP contribution >= 0.6 is 0 Å². The number of aliphatic hydroxyl groups excluding tert-OH is 1. The fourth-order valence-corrected chi connectivity index (χ4v) is 3.24. The van der Waals surface area contributed by atoms with Gasteiger partial charge < -0.3 is 20.6 Å². The highest BCUT2D eigenvalue weighted by atomic mass is 16.3. The number of aliphatic hydroxyl groups is 1. The standard InChI is InChI=1S/C20H34N4O/c1-3-21-20(23-18-10-12-19(25)13-11-18)22-14-7-15-24(2)16-17-8-5-4-6-9-17/h4-6,8-9,18-19,25H,3,7,10-16H2,1-2H3,(H2,21,22,23). The van der Waals surface area contributed by atoms with E-state index in [1.54, 1.807) is 0 Å². The highest BCUT2D eigenvalue weighted by Gasteiger charge is 2.19. The van der Waals surface area contributed by atoms with E-state index >= 15 is 0 Å². The molecule has 1 fully saturated rings. The maximum absolute atomic E-state index is 9.62. The first-order chi connectivity index (χ1) is 12.2. The monoisotopic (exact) mass is 346 g/mol. The van der Waals surface area contributed by atoms with Crippen molar-refractivity contribution in [3.63, 3.8) is 0 Å². The summed E-state index contributed by atoms with van der Waals surface area (Å²) in [4.78, 5) is 7.05. The molecule has 1 aromatic rings. The Morgan fingerprint density at radius 3 is 2.60 bits per heavy atom. The van der Waals surface area contributed by atoms with Crippen molar-refractivity contribution in [2.45, 2.75) is 57.7 Å². The van der Waals surface area contributed by atoms with Crippen LogP contribution in [0.1, 0.15) is 44.6 Å². The van der Waals surface area contributed by atoms with Gasteiger partial charge in [-0.2, -0.15) is 0 Å². The smallest absolute Gasteiger partial charge is 0.191 e. The molecule has 1 aliphatic carbocycles. The van der Waals surface area contributed by atoms with Gasteiger partial charge in [-0.15, -0.1) is 0 Å². The van der Waals surface area contributed by atoms with Crippen LogP contribution in [-0.2, 0) is 6.54 Å². The summed E-state index contributed by atoms with van der Waals surface area (Å²) in [7, 11) is 2.16. The lowest BCUT2D eigenvalue weighted by Crippen LogP contribution is -2.45. The molecule has 1 saturated carbocycles. The Hall–Kier alpha value is -1.59. The molecule has 2 rings (SSSR count). The number of nitrogens with zero attached hydrogens (tertiary/aromatic N) is 2. The van der Waals surface area contributed by atoms with Gasteiger partial charge >= 0.3 is 0 Å². The lowest BCUT2D eigenvalue weighted by molar-refractivity contribution is 0.120. The number of rotatable bonds is 8. The molecular weight excluding hydrogens is 312 g/mol. The van der Waals surface area contributed by atoms with E-state index in [0.717, 1.165) is 64.2 Å². The Morgan fingerprint density at radius 2 is 1.92 bits per heavy atom. The first-order valence-electron chi connectivity index (χ1n) is 9.62. The van der Waals surface area contributed by atoms with Gasteiger partial charge in [0, 0.05) is 25.7 Å². The van der Waals surface area contributed by atoms with Gasteiger partial charge in [0.2, 0.25) is 0 Å². The molecule has 0 heterocycles. The zero-order chi connectivity index (χ0) is 17.9. The Bertz CT molecular complexity index is 498. The van der Waals surface area contributed by atoms with E-state index in [-0.39, 0.29) is 6.10 Å². The van der Waals surface area contributed by atoms with Crippen molar-refractivity contribution in [3.05, 3.63) is 35.9 Å². The van der Waals surface area contributed by atoms with Crippen LogP contribution in [0.4, 0.5) is 0 Å². The molecule has 0 saturated heterocycles. The predicted octanol–water partition coefficient (Wildman–Crippen LogP) is 2.37. The lowest BCUT2D eigenvalue weighted by atomic mass is 9.93. The molecule has 0 radical (unpaired) electrons. The largest absolute Gasteiger partial charge is 0.393 e. The quantitative estimate of drug-likeness (QED) is 0.384. The third kappa shape index (κ3) is 7.88. The van der Waals surface area contributed by atoms with Crippen LogP contribution in [0.15, 0.2) is 35.3 Å². The predicted molar refractivity (Wildman–Crippen MR) is 105 cm³/mol. The maximum atomic E-state index is 9.62. The number of aliphatic imine (C=N–C) groups is 1. The van der Waals surface area contributed by atoms with Gasteiger partial charge in [0.1, 0.15) is 0 Å². The number of hydrogen-bond donors (Lipinski definition) is 3. The Morgan fingerprint density at radius 1 is 1.20 bits per heavy atom. The van der Waals surface area contributed by atoms with Crippen molar-refractivity contribution < 1.29 is 5.11 Å². The average Bonchev–Trinajstić information content (AvgIpc) is 2.61. The molecule has 0 amide bonds. The number of nitrogens with one attached hydrogen (secondary N) is 2. The maximum Gasteiger partial charge on any atom is 0.191 e. The van der Waals surface area contributed by atoms with E-state index < -0.39 is 0 Å². The summed E-state index contributed by atoms with van der Waals surface area (Å²) in [6, 6.07) is 11.0. The molecule has 0 atom stereocenters. The molecular formula is C20H34N4O. The summed E-state index contributed by atoms with van der Waals surface area (Å²) in [5, 5.41) is 16.5. The minimum atomic E-state index is -0.113. The van der Waals surface area contributed by atoms with Gasteiger partial charge in [0.05, 0.1) is 6.10 Å². The van der Waals surface area contributed by atoms with E-state index in [2.05, 4.69) is 59.8 Å². The number of guanidine groups is 1. The van der Waals surface area contributed by atoms with Crippen LogP contribution < -0.4 is 10.6 Å². The zero-order valence-electron chi connectivity index (χ0n) is 15.7. The van der Waals surface area contributed by atoms with Gasteiger partial charge in [-0.3, -0.25) is 4.99 Å². The van der Waals surface area contributed by atoms with Crippen LogP contribution in [0.5, 0.6) is 0 Å². The topological polar surface area (TPSA) is 59.9 Å². The molecule has 5 nitrogen and oxygen atoms in total. The van der Waals surface area contributed by atoms with E-state index in [4.69, 9.17) is 4.99 Å². The van der Waals surface area contributed by atoms with Crippen molar-refractivity contribution in [1.29, 1.82) is 0 Å². The average molecular weight is 347 g/mol. The summed E-state index contributed by atoms with van der Waals surface area (Å²) in [5.74, 6) is 0.912. The van der Waals surface area contributed by atoms with Gasteiger partial charge in [-0.25, -0.2) is 0 Å². The minimum Gasteiger partial charge on any atom is -0.393 e. The summed E-state index contributed by atoms with van der Waals surface area (Å²) in [5.41, 5.74) is 1.35. The molecule has 0 aliphatic heterocycles. The molecule has 1 aromatic carbocycles. The van der Waals surface area contributed by atoms with E-state index in [9.17, 15) is 5.11 Å². The second kappa shape index (κ2) is 11.1. The normalized spacial score (nSPS) is 21.4. The highest BCUT2D eigenvalue weighted by Crippen LogP contribution is 2.18. The van der Waals surface area contributed by atoms with Crippen LogP contribution in [0.3, 0.4) is 0 Å². The Labute approximate surface area is 152 Å². The minimum absolute atomic E-state index is 0.113. The lowest BCUT2D eigenvalue weighted by Gasteiger charge is -2.27. The summed E-state index contributed by atoms with van der Waals surface area (Å²) in [6.45, 7) is 5.80. The van der Waals surface area contributed by atoms with Gasteiger partial charge in [0.25, 0.3) is 0 Å². The van der Waals surface area contributed by atoms with Crippen molar-refractivity contribution in [1.82, 2.24) is 15.5 Å². The van der Waals surface area contributed by atoms with Gasteiger partial charge in [0.15, 0.2) is 5.96 Å². The molecule has 0 spiro atoms. The van der Waals surface area contributed by atoms with E-state index in [1.165, 1.54) is 5.56 Å². The Kier molecular flexibility index (Phi) is 8.77. The van der Waals surface area contributed by atoms with E-state index in [1.807, 2.05) is 0 Å². The van der Waals surface area contributed by atoms with Crippen LogP contribution in [0.25, 0.3) is 0 Å². The first kappa shape index (κ1) is 19.7. The fourth-order valence-electron chi connectivity index (χ4n) is 3.24. The number of benzene rings is 1. The van der Waals surface area contributed by atoms with Crippen molar-refractivity contribution in [3.8, 4) is 0 Å². The second-order valence-electron chi connectivity index (χ2n) is 6.99. The third-order valence-electron chi connectivity index (χ3n) is 4.64. The first-order valence-corrected chi connectivity index (χ1v) is 9.62. The van der Waals surface area contributed by atoms with Crippen LogP contribution in [0, 0.1) is 0 Å². The fraction of sp³-hybridized carbons (Fsp3) is 0.650. The molecule has 3 N–H and O–H groups in total. The SMILES string of the molecule is CCNC(=NCCCN(C)Cc1ccccc1)NC1CCC(O)CC1. The molecule has 0 bridgehead atoms. The number of hydrogen-bond acceptors (Lipinski definition) is 3. The van der Waals surface area contributed by atoms with Crippen molar-refractivity contribution in [2.24, 2.45) is 4.99 Å². The van der Waals surface area contributed by atoms with E-state index in [0.29, 0.717) is 6.04 Å². The summed E-state index contributed by atoms with van der Waals surface area (Å²) in [6.07, 6.45) is 4.75. The highest BCUT2D eigenvalue weighted by molar-refractivity contribution is 5.80. The molecule has 1 aliphatic rings. The van der Waals surface area contributed by atoms with Crippen molar-refractivity contribution >= 4 is 5.96 Å². The molecule has 140 valence electrons. The van der Waals surface area contributed by atoms with Crippen molar-refractivity contribution in [2.75, 3.05) is 26.7 Å². The summed E-state index contributed by atoms with van der Waals surface area (Å²) < 4.78 is 0.